The summed E-state index contributed by atoms with van der Waals surface area (Å²) in [6.07, 6.45) is -4.13. The van der Waals surface area contributed by atoms with Crippen LogP contribution >= 0.6 is 0 Å². The lowest BCUT2D eigenvalue weighted by atomic mass is 10.1. The zero-order valence-corrected chi connectivity index (χ0v) is 18.0. The second-order valence-corrected chi connectivity index (χ2v) is 7.78. The van der Waals surface area contributed by atoms with Crippen molar-refractivity contribution in [2.24, 2.45) is 0 Å². The molecule has 0 radical (unpaired) electrons. The SMILES string of the molecule is COc1cccc(CC(=O)N2CCN(Cc3nc(-c4cccc(C(F)(F)F)c4)no3)CC2)c1. The molecule has 7 nitrogen and oxygen atoms in total. The molecule has 0 bridgehead atoms. The number of piperazine rings is 1. The first kappa shape index (κ1) is 22.8. The number of hydrogen-bond acceptors (Lipinski definition) is 6. The summed E-state index contributed by atoms with van der Waals surface area (Å²) in [6, 6.07) is 12.3. The van der Waals surface area contributed by atoms with Gasteiger partial charge in [-0.25, -0.2) is 0 Å². The molecule has 1 saturated heterocycles. The Bertz CT molecular complexity index is 1110. The molecule has 0 saturated carbocycles. The van der Waals surface area contributed by atoms with Crippen molar-refractivity contribution in [1.29, 1.82) is 0 Å². The highest BCUT2D eigenvalue weighted by atomic mass is 19.4. The third-order valence-electron chi connectivity index (χ3n) is 5.49. The van der Waals surface area contributed by atoms with E-state index < -0.39 is 11.7 Å². The Morgan fingerprint density at radius 3 is 2.58 bits per heavy atom. The van der Waals surface area contributed by atoms with Crippen molar-refractivity contribution >= 4 is 5.91 Å². The molecule has 0 unspecified atom stereocenters. The van der Waals surface area contributed by atoms with Crippen LogP contribution in [0.25, 0.3) is 11.4 Å². The van der Waals surface area contributed by atoms with Gasteiger partial charge >= 0.3 is 6.18 Å². The number of halogens is 3. The van der Waals surface area contributed by atoms with E-state index >= 15 is 0 Å². The zero-order chi connectivity index (χ0) is 23.4. The molecular weight excluding hydrogens is 437 g/mol. The summed E-state index contributed by atoms with van der Waals surface area (Å²) >= 11 is 0. The highest BCUT2D eigenvalue weighted by molar-refractivity contribution is 5.79. The zero-order valence-electron chi connectivity index (χ0n) is 18.0. The van der Waals surface area contributed by atoms with E-state index in [2.05, 4.69) is 15.0 Å². The number of benzene rings is 2. The van der Waals surface area contributed by atoms with Crippen LogP contribution in [-0.2, 0) is 23.9 Å². The highest BCUT2D eigenvalue weighted by Crippen LogP contribution is 2.31. The molecule has 1 aliphatic rings. The summed E-state index contributed by atoms with van der Waals surface area (Å²) in [7, 11) is 1.59. The summed E-state index contributed by atoms with van der Waals surface area (Å²) in [6.45, 7) is 2.76. The lowest BCUT2D eigenvalue weighted by Gasteiger charge is -2.34. The first-order chi connectivity index (χ1) is 15.8. The molecule has 0 aliphatic carbocycles. The number of rotatable bonds is 6. The maximum atomic E-state index is 12.9. The van der Waals surface area contributed by atoms with Gasteiger partial charge in [0, 0.05) is 31.7 Å². The molecule has 1 aromatic heterocycles. The number of alkyl halides is 3. The summed E-state index contributed by atoms with van der Waals surface area (Å²) in [4.78, 5) is 20.8. The van der Waals surface area contributed by atoms with E-state index in [1.165, 1.54) is 12.1 Å². The number of amides is 1. The van der Waals surface area contributed by atoms with Gasteiger partial charge < -0.3 is 14.2 Å². The van der Waals surface area contributed by atoms with Crippen molar-refractivity contribution in [3.63, 3.8) is 0 Å². The van der Waals surface area contributed by atoms with Crippen LogP contribution in [0.2, 0.25) is 0 Å². The molecule has 33 heavy (non-hydrogen) atoms. The topological polar surface area (TPSA) is 71.7 Å². The predicted molar refractivity (Wildman–Crippen MR) is 113 cm³/mol. The summed E-state index contributed by atoms with van der Waals surface area (Å²) in [5.74, 6) is 1.20. The molecule has 0 N–H and O–H groups in total. The van der Waals surface area contributed by atoms with Crippen molar-refractivity contribution in [3.8, 4) is 17.1 Å². The number of ether oxygens (including phenoxy) is 1. The smallest absolute Gasteiger partial charge is 0.416 e. The highest BCUT2D eigenvalue weighted by Gasteiger charge is 2.31. The maximum absolute atomic E-state index is 12.9. The van der Waals surface area contributed by atoms with Gasteiger partial charge in [0.05, 0.1) is 25.6 Å². The Labute approximate surface area is 188 Å². The molecule has 4 rings (SSSR count). The van der Waals surface area contributed by atoms with E-state index in [4.69, 9.17) is 9.26 Å². The minimum Gasteiger partial charge on any atom is -0.497 e. The van der Waals surface area contributed by atoms with Gasteiger partial charge in [0.2, 0.25) is 17.6 Å². The molecule has 0 atom stereocenters. The second-order valence-electron chi connectivity index (χ2n) is 7.78. The molecule has 2 heterocycles. The van der Waals surface area contributed by atoms with E-state index in [0.29, 0.717) is 50.8 Å². The van der Waals surface area contributed by atoms with Gasteiger partial charge in [-0.1, -0.05) is 29.4 Å². The van der Waals surface area contributed by atoms with Gasteiger partial charge in [-0.15, -0.1) is 0 Å². The fourth-order valence-electron chi connectivity index (χ4n) is 3.69. The van der Waals surface area contributed by atoms with Crippen molar-refractivity contribution in [2.75, 3.05) is 33.3 Å². The van der Waals surface area contributed by atoms with Crippen molar-refractivity contribution in [1.82, 2.24) is 19.9 Å². The van der Waals surface area contributed by atoms with Crippen LogP contribution < -0.4 is 4.74 Å². The number of aromatic nitrogens is 2. The predicted octanol–water partition coefficient (Wildman–Crippen LogP) is 3.65. The van der Waals surface area contributed by atoms with E-state index in [-0.39, 0.29) is 17.3 Å². The summed E-state index contributed by atoms with van der Waals surface area (Å²) < 4.78 is 49.3. The van der Waals surface area contributed by atoms with Crippen molar-refractivity contribution < 1.29 is 27.2 Å². The molecule has 1 fully saturated rings. The minimum atomic E-state index is -4.44. The summed E-state index contributed by atoms with van der Waals surface area (Å²) in [5, 5.41) is 3.82. The Kier molecular flexibility index (Phi) is 6.64. The van der Waals surface area contributed by atoms with Gasteiger partial charge in [-0.3, -0.25) is 9.69 Å². The lowest BCUT2D eigenvalue weighted by Crippen LogP contribution is -2.48. The van der Waals surface area contributed by atoms with Crippen LogP contribution in [0.15, 0.2) is 53.1 Å². The van der Waals surface area contributed by atoms with E-state index in [9.17, 15) is 18.0 Å². The molecule has 2 aromatic carbocycles. The van der Waals surface area contributed by atoms with E-state index in [1.54, 1.807) is 7.11 Å². The Balaban J connectivity index is 1.31. The molecular formula is C23H23F3N4O3. The number of methoxy groups -OCH3 is 1. The quantitative estimate of drug-likeness (QED) is 0.559. The van der Waals surface area contributed by atoms with Gasteiger partial charge in [0.1, 0.15) is 5.75 Å². The van der Waals surface area contributed by atoms with Gasteiger partial charge in [-0.2, -0.15) is 18.2 Å². The summed E-state index contributed by atoms with van der Waals surface area (Å²) in [5.41, 5.74) is 0.378. The molecule has 174 valence electrons. The van der Waals surface area contributed by atoms with Crippen LogP contribution in [0.3, 0.4) is 0 Å². The maximum Gasteiger partial charge on any atom is 0.416 e. The number of hydrogen-bond donors (Lipinski definition) is 0. The van der Waals surface area contributed by atoms with Crippen LogP contribution in [0, 0.1) is 0 Å². The van der Waals surface area contributed by atoms with Crippen LogP contribution in [0.1, 0.15) is 17.0 Å². The fourth-order valence-corrected chi connectivity index (χ4v) is 3.69. The first-order valence-corrected chi connectivity index (χ1v) is 10.4. The normalized spacial score (nSPS) is 15.0. The molecule has 3 aromatic rings. The molecule has 10 heteroatoms. The number of nitrogens with zero attached hydrogens (tertiary/aromatic N) is 4. The van der Waals surface area contributed by atoms with Gasteiger partial charge in [0.25, 0.3) is 0 Å². The first-order valence-electron chi connectivity index (χ1n) is 10.4. The Morgan fingerprint density at radius 1 is 1.09 bits per heavy atom. The monoisotopic (exact) mass is 460 g/mol. The van der Waals surface area contributed by atoms with Crippen LogP contribution in [0.4, 0.5) is 13.2 Å². The Morgan fingerprint density at radius 2 is 1.85 bits per heavy atom. The van der Waals surface area contributed by atoms with Crippen LogP contribution in [-0.4, -0.2) is 59.1 Å². The van der Waals surface area contributed by atoms with Crippen molar-refractivity contribution in [3.05, 3.63) is 65.5 Å². The minimum absolute atomic E-state index is 0.0486. The van der Waals surface area contributed by atoms with Gasteiger partial charge in [-0.05, 0) is 29.8 Å². The van der Waals surface area contributed by atoms with Gasteiger partial charge in [0.15, 0.2) is 0 Å². The number of carbonyl (C=O) groups excluding carboxylic acids is 1. The second kappa shape index (κ2) is 9.62. The van der Waals surface area contributed by atoms with Crippen LogP contribution in [0.5, 0.6) is 5.75 Å². The largest absolute Gasteiger partial charge is 0.497 e. The molecule has 1 aliphatic heterocycles. The third-order valence-corrected chi connectivity index (χ3v) is 5.49. The Hall–Kier alpha value is -3.40. The third kappa shape index (κ3) is 5.70. The van der Waals surface area contributed by atoms with E-state index in [0.717, 1.165) is 17.7 Å². The van der Waals surface area contributed by atoms with E-state index in [1.807, 2.05) is 29.2 Å². The lowest BCUT2D eigenvalue weighted by molar-refractivity contribution is -0.137. The average molecular weight is 460 g/mol. The fraction of sp³-hybridized carbons (Fsp3) is 0.348. The average Bonchev–Trinajstić information content (AvgIpc) is 3.28. The molecule has 1 amide bonds. The number of carbonyl (C=O) groups is 1. The standard InChI is InChI=1S/C23H23F3N4O3/c1-32-19-7-2-4-16(12-19)13-21(31)30-10-8-29(9-11-30)15-20-27-22(28-33-20)17-5-3-6-18(14-17)23(24,25)26/h2-7,12,14H,8-11,13,15H2,1H3. The molecule has 0 spiro atoms. The van der Waals surface area contributed by atoms with Crippen molar-refractivity contribution in [2.45, 2.75) is 19.1 Å².